The first-order valence-corrected chi connectivity index (χ1v) is 11.4. The van der Waals surface area contributed by atoms with Gasteiger partial charge in [-0.1, -0.05) is 23.7 Å². The molecule has 3 amide bonds. The largest absolute Gasteiger partial charge is 0.449 e. The summed E-state index contributed by atoms with van der Waals surface area (Å²) in [5.74, 6) is -3.01. The minimum absolute atomic E-state index is 0.0470. The highest BCUT2D eigenvalue weighted by molar-refractivity contribution is 6.39. The van der Waals surface area contributed by atoms with Crippen molar-refractivity contribution in [1.82, 2.24) is 10.6 Å². The second-order valence-electron chi connectivity index (χ2n) is 7.86. The van der Waals surface area contributed by atoms with E-state index in [4.69, 9.17) is 27.8 Å². The average molecular weight is 520 g/mol. The molecular weight excluding hydrogens is 493 g/mol. The molecule has 0 saturated carbocycles. The number of carbonyl (C=O) groups is 3. The molecule has 0 aliphatic carbocycles. The molecule has 36 heavy (non-hydrogen) atoms. The van der Waals surface area contributed by atoms with Crippen LogP contribution < -0.4 is 32.3 Å². The maximum absolute atomic E-state index is 13.7. The Labute approximate surface area is 212 Å². The van der Waals surface area contributed by atoms with Crippen molar-refractivity contribution in [2.75, 3.05) is 30.4 Å². The lowest BCUT2D eigenvalue weighted by atomic mass is 10.0. The number of nitrogens with one attached hydrogen (secondary N) is 3. The summed E-state index contributed by atoms with van der Waals surface area (Å²) in [6.07, 6.45) is -0.658. The summed E-state index contributed by atoms with van der Waals surface area (Å²) in [7, 11) is 1.78. The third-order valence-electron chi connectivity index (χ3n) is 5.38. The highest BCUT2D eigenvalue weighted by Gasteiger charge is 2.44. The quantitative estimate of drug-likeness (QED) is 0.210. The topological polar surface area (TPSA) is 164 Å². The van der Waals surface area contributed by atoms with E-state index in [1.165, 1.54) is 17.0 Å². The van der Waals surface area contributed by atoms with Gasteiger partial charge in [-0.15, -0.1) is 0 Å². The van der Waals surface area contributed by atoms with Crippen LogP contribution in [0.1, 0.15) is 24.1 Å². The predicted octanol–water partition coefficient (Wildman–Crippen LogP) is 1.61. The third-order valence-corrected chi connectivity index (χ3v) is 5.69. The van der Waals surface area contributed by atoms with Gasteiger partial charge in [-0.25, -0.2) is 9.18 Å². The fourth-order valence-electron chi connectivity index (χ4n) is 3.87. The van der Waals surface area contributed by atoms with Crippen molar-refractivity contribution in [2.45, 2.75) is 25.6 Å². The lowest BCUT2D eigenvalue weighted by Crippen LogP contribution is -2.48. The number of amides is 3. The van der Waals surface area contributed by atoms with Gasteiger partial charge in [0.25, 0.3) is 0 Å². The van der Waals surface area contributed by atoms with Gasteiger partial charge in [-0.3, -0.25) is 19.5 Å². The summed E-state index contributed by atoms with van der Waals surface area (Å²) in [4.78, 5) is 43.8. The average Bonchev–Trinajstić information content (AvgIpc) is 3.12. The first kappa shape index (κ1) is 26.7. The van der Waals surface area contributed by atoms with Crippen LogP contribution in [0.15, 0.2) is 41.4 Å². The van der Waals surface area contributed by atoms with Crippen LogP contribution in [0, 0.1) is 5.82 Å². The Balaban J connectivity index is 1.94. The van der Waals surface area contributed by atoms with Gasteiger partial charge in [0.05, 0.1) is 35.9 Å². The normalized spacial score (nSPS) is 16.2. The minimum atomic E-state index is -1.04. The van der Waals surface area contributed by atoms with Gasteiger partial charge >= 0.3 is 17.9 Å². The molecular formula is C23H27ClFN7O4. The number of benzene rings is 2. The molecule has 1 aliphatic heterocycles. The highest BCUT2D eigenvalue weighted by atomic mass is 35.5. The van der Waals surface area contributed by atoms with Crippen molar-refractivity contribution < 1.29 is 23.5 Å². The zero-order chi connectivity index (χ0) is 26.4. The molecule has 0 unspecified atom stereocenters. The van der Waals surface area contributed by atoms with Crippen LogP contribution in [-0.4, -0.2) is 50.1 Å². The number of nitrogens with two attached hydrogens (primary N) is 2. The van der Waals surface area contributed by atoms with Crippen molar-refractivity contribution >= 4 is 46.8 Å². The molecule has 1 aliphatic rings. The maximum Gasteiger partial charge on any atom is 0.414 e. The van der Waals surface area contributed by atoms with Crippen LogP contribution in [0.5, 0.6) is 0 Å². The van der Waals surface area contributed by atoms with E-state index in [0.717, 1.165) is 11.6 Å². The molecule has 0 bridgehead atoms. The fraction of sp³-hybridized carbons (Fsp3) is 0.304. The Kier molecular flexibility index (Phi) is 8.67. The smallest absolute Gasteiger partial charge is 0.414 e. The van der Waals surface area contributed by atoms with Gasteiger partial charge in [-0.2, -0.15) is 0 Å². The second-order valence-corrected chi connectivity index (χ2v) is 8.27. The molecule has 11 nitrogen and oxygen atoms in total. The summed E-state index contributed by atoms with van der Waals surface area (Å²) < 4.78 is 19.0. The van der Waals surface area contributed by atoms with Gasteiger partial charge < -0.3 is 32.2 Å². The van der Waals surface area contributed by atoms with E-state index in [-0.39, 0.29) is 29.8 Å². The Morgan fingerprint density at radius 3 is 2.56 bits per heavy atom. The van der Waals surface area contributed by atoms with Crippen molar-refractivity contribution in [3.63, 3.8) is 0 Å². The number of anilines is 2. The standard InChI is InChI=1S/C23H27ClFN7O4/c1-3-36-23(35)32-17-8-12(10-28-2)4-6-14(17)19(18(32)11-29-22(26)27)31-21(34)20(33)30-13-5-7-15(24)16(25)9-13/h4-9,18-19,28H,3,10-11H2,1-2H3,(H,30,33)(H,31,34)(H4,26,27,29)/t18-,19+/m1/s1. The minimum Gasteiger partial charge on any atom is -0.449 e. The first-order chi connectivity index (χ1) is 17.2. The Morgan fingerprint density at radius 2 is 1.92 bits per heavy atom. The van der Waals surface area contributed by atoms with Crippen molar-refractivity contribution in [1.29, 1.82) is 0 Å². The molecule has 2 atom stereocenters. The zero-order valence-electron chi connectivity index (χ0n) is 19.7. The summed E-state index contributed by atoms with van der Waals surface area (Å²) in [5, 5.41) is 7.88. The molecule has 192 valence electrons. The molecule has 0 radical (unpaired) electrons. The Hall–Kier alpha value is -3.90. The second kappa shape index (κ2) is 11.7. The van der Waals surface area contributed by atoms with Gasteiger partial charge in [0.2, 0.25) is 0 Å². The SMILES string of the molecule is CCOC(=O)N1c2cc(CNC)ccc2[C@H](NC(=O)C(=O)Nc2ccc(Cl)c(F)c2)[C@H]1CN=C(N)N. The number of ether oxygens (including phenoxy) is 1. The molecule has 13 heteroatoms. The van der Waals surface area contributed by atoms with E-state index in [9.17, 15) is 18.8 Å². The van der Waals surface area contributed by atoms with E-state index in [1.807, 2.05) is 6.07 Å². The molecule has 1 heterocycles. The number of hydrogen-bond donors (Lipinski definition) is 5. The van der Waals surface area contributed by atoms with Crippen LogP contribution >= 0.6 is 11.6 Å². The highest BCUT2D eigenvalue weighted by Crippen LogP contribution is 2.41. The molecule has 0 spiro atoms. The molecule has 2 aromatic carbocycles. The predicted molar refractivity (Wildman–Crippen MR) is 134 cm³/mol. The molecule has 3 rings (SSSR count). The van der Waals surface area contributed by atoms with Crippen LogP contribution in [-0.2, 0) is 20.9 Å². The number of fused-ring (bicyclic) bond motifs is 1. The number of rotatable bonds is 7. The van der Waals surface area contributed by atoms with Gasteiger partial charge in [0, 0.05) is 17.8 Å². The lowest BCUT2D eigenvalue weighted by Gasteiger charge is -2.27. The lowest BCUT2D eigenvalue weighted by molar-refractivity contribution is -0.136. The zero-order valence-corrected chi connectivity index (χ0v) is 20.4. The number of halogens is 2. The van der Waals surface area contributed by atoms with E-state index in [0.29, 0.717) is 17.8 Å². The molecule has 0 fully saturated rings. The van der Waals surface area contributed by atoms with Gasteiger partial charge in [0.15, 0.2) is 5.96 Å². The molecule has 0 saturated heterocycles. The van der Waals surface area contributed by atoms with E-state index in [2.05, 4.69) is 20.9 Å². The number of carbonyl (C=O) groups excluding carboxylic acids is 3. The van der Waals surface area contributed by atoms with E-state index < -0.39 is 35.8 Å². The van der Waals surface area contributed by atoms with E-state index >= 15 is 0 Å². The van der Waals surface area contributed by atoms with Crippen LogP contribution in [0.3, 0.4) is 0 Å². The summed E-state index contributed by atoms with van der Waals surface area (Å²) in [6.45, 7) is 2.24. The number of hydrogen-bond acceptors (Lipinski definition) is 6. The van der Waals surface area contributed by atoms with Crippen molar-refractivity contribution in [3.05, 3.63) is 58.4 Å². The summed E-state index contributed by atoms with van der Waals surface area (Å²) >= 11 is 5.66. The Bertz CT molecular complexity index is 1190. The van der Waals surface area contributed by atoms with Gasteiger partial charge in [0.1, 0.15) is 5.82 Å². The monoisotopic (exact) mass is 519 g/mol. The summed E-state index contributed by atoms with van der Waals surface area (Å²) in [5.41, 5.74) is 13.0. The Morgan fingerprint density at radius 1 is 1.17 bits per heavy atom. The van der Waals surface area contributed by atoms with E-state index in [1.54, 1.807) is 26.1 Å². The van der Waals surface area contributed by atoms with Crippen LogP contribution in [0.2, 0.25) is 5.02 Å². The summed E-state index contributed by atoms with van der Waals surface area (Å²) in [6, 6.07) is 7.32. The first-order valence-electron chi connectivity index (χ1n) is 11.0. The molecule has 0 aromatic heterocycles. The van der Waals surface area contributed by atoms with Crippen molar-refractivity contribution in [2.24, 2.45) is 16.5 Å². The van der Waals surface area contributed by atoms with Gasteiger partial charge in [-0.05, 0) is 43.8 Å². The molecule has 2 aromatic rings. The maximum atomic E-state index is 13.7. The van der Waals surface area contributed by atoms with Crippen LogP contribution in [0.4, 0.5) is 20.6 Å². The van der Waals surface area contributed by atoms with Crippen LogP contribution in [0.25, 0.3) is 0 Å². The van der Waals surface area contributed by atoms with Crippen molar-refractivity contribution in [3.8, 4) is 0 Å². The number of aliphatic imine (C=N–C) groups is 1. The third kappa shape index (κ3) is 6.01. The number of nitrogens with zero attached hydrogens (tertiary/aromatic N) is 2. The fourth-order valence-corrected chi connectivity index (χ4v) is 3.98. The molecule has 7 N–H and O–H groups in total. The number of guanidine groups is 1.